The van der Waals surface area contributed by atoms with Gasteiger partial charge in [0.05, 0.1) is 18.1 Å². The molecule has 2 aromatic rings. The van der Waals surface area contributed by atoms with Crippen LogP contribution in [0.3, 0.4) is 0 Å². The Balaban J connectivity index is 1.93. The highest BCUT2D eigenvalue weighted by molar-refractivity contribution is 8.18. The first kappa shape index (κ1) is 18.5. The largest absolute Gasteiger partial charge is 0.383 e. The number of aromatic nitrogens is 1. The van der Waals surface area contributed by atoms with E-state index in [0.29, 0.717) is 11.5 Å². The monoisotopic (exact) mass is 370 g/mol. The van der Waals surface area contributed by atoms with Gasteiger partial charge >= 0.3 is 0 Å². The highest BCUT2D eigenvalue weighted by Crippen LogP contribution is 2.33. The second-order valence-corrected chi connectivity index (χ2v) is 7.32. The predicted molar refractivity (Wildman–Crippen MR) is 105 cm³/mol. The van der Waals surface area contributed by atoms with Gasteiger partial charge in [-0.05, 0) is 62.4 Å². The van der Waals surface area contributed by atoms with E-state index in [0.717, 1.165) is 34.4 Å². The number of aryl methyl sites for hydroxylation is 2. The normalized spacial score (nSPS) is 16.2. The van der Waals surface area contributed by atoms with Gasteiger partial charge in [-0.15, -0.1) is 0 Å². The minimum absolute atomic E-state index is 0.245. The zero-order chi connectivity index (χ0) is 18.8. The van der Waals surface area contributed by atoms with Gasteiger partial charge in [-0.25, -0.2) is 0 Å². The molecule has 3 rings (SSSR count). The molecule has 1 saturated heterocycles. The van der Waals surface area contributed by atoms with E-state index < -0.39 is 0 Å². The van der Waals surface area contributed by atoms with Crippen molar-refractivity contribution in [2.45, 2.75) is 20.8 Å². The standard InChI is InChI=1S/C20H22N2O3S/c1-13-5-7-17(8-6-13)22-14(2)11-16(15(22)3)12-18-19(23)21(9-10-25-4)20(24)26-18/h5-8,11-12H,9-10H2,1-4H3/b18-12-. The van der Waals surface area contributed by atoms with Crippen LogP contribution in [0.5, 0.6) is 0 Å². The Hall–Kier alpha value is -2.31. The number of ether oxygens (including phenoxy) is 1. The fraction of sp³-hybridized carbons (Fsp3) is 0.300. The lowest BCUT2D eigenvalue weighted by Gasteiger charge is -2.11. The van der Waals surface area contributed by atoms with Crippen LogP contribution < -0.4 is 0 Å². The maximum atomic E-state index is 12.5. The molecule has 0 N–H and O–H groups in total. The van der Waals surface area contributed by atoms with Crippen molar-refractivity contribution in [2.24, 2.45) is 0 Å². The number of carbonyl (C=O) groups excluding carboxylic acids is 2. The lowest BCUT2D eigenvalue weighted by molar-refractivity contribution is -0.123. The molecule has 0 unspecified atom stereocenters. The van der Waals surface area contributed by atoms with Crippen LogP contribution >= 0.6 is 11.8 Å². The molecular formula is C20H22N2O3S. The summed E-state index contributed by atoms with van der Waals surface area (Å²) in [6, 6.07) is 10.4. The van der Waals surface area contributed by atoms with Crippen LogP contribution in [0.4, 0.5) is 4.79 Å². The maximum absolute atomic E-state index is 12.5. The van der Waals surface area contributed by atoms with Crippen LogP contribution in [0, 0.1) is 20.8 Å². The summed E-state index contributed by atoms with van der Waals surface area (Å²) in [5.41, 5.74) is 5.35. The van der Waals surface area contributed by atoms with Crippen molar-refractivity contribution in [3.8, 4) is 5.69 Å². The molecule has 1 fully saturated rings. The van der Waals surface area contributed by atoms with E-state index in [-0.39, 0.29) is 17.7 Å². The van der Waals surface area contributed by atoms with Crippen LogP contribution in [0.15, 0.2) is 35.2 Å². The maximum Gasteiger partial charge on any atom is 0.293 e. The number of thioether (sulfide) groups is 1. The smallest absolute Gasteiger partial charge is 0.293 e. The highest BCUT2D eigenvalue weighted by Gasteiger charge is 2.34. The number of amides is 2. The molecule has 6 heteroatoms. The summed E-state index contributed by atoms with van der Waals surface area (Å²) in [5, 5.41) is -0.245. The highest BCUT2D eigenvalue weighted by atomic mass is 32.2. The summed E-state index contributed by atoms with van der Waals surface area (Å²) in [7, 11) is 1.55. The summed E-state index contributed by atoms with van der Waals surface area (Å²) in [4.78, 5) is 26.2. The van der Waals surface area contributed by atoms with Crippen LogP contribution in [0.2, 0.25) is 0 Å². The van der Waals surface area contributed by atoms with Crippen molar-refractivity contribution >= 4 is 29.0 Å². The van der Waals surface area contributed by atoms with E-state index >= 15 is 0 Å². The third-order valence-electron chi connectivity index (χ3n) is 4.44. The molecule has 1 aliphatic rings. The summed E-state index contributed by atoms with van der Waals surface area (Å²) < 4.78 is 7.12. The molecule has 0 saturated carbocycles. The first-order valence-electron chi connectivity index (χ1n) is 8.42. The molecule has 0 bridgehead atoms. The van der Waals surface area contributed by atoms with Crippen molar-refractivity contribution in [2.75, 3.05) is 20.3 Å². The first-order chi connectivity index (χ1) is 12.4. The van der Waals surface area contributed by atoms with Crippen LogP contribution in [0.25, 0.3) is 11.8 Å². The Kier molecular flexibility index (Phi) is 5.34. The number of methoxy groups -OCH3 is 1. The molecule has 26 heavy (non-hydrogen) atoms. The molecule has 0 atom stereocenters. The Morgan fingerprint density at radius 2 is 1.81 bits per heavy atom. The third kappa shape index (κ3) is 3.48. The van der Waals surface area contributed by atoms with Crippen molar-refractivity contribution in [1.29, 1.82) is 0 Å². The summed E-state index contributed by atoms with van der Waals surface area (Å²) >= 11 is 0.982. The molecule has 5 nitrogen and oxygen atoms in total. The van der Waals surface area contributed by atoms with Crippen molar-refractivity contribution in [3.63, 3.8) is 0 Å². The average Bonchev–Trinajstić information content (AvgIpc) is 3.03. The lowest BCUT2D eigenvalue weighted by Crippen LogP contribution is -2.31. The van der Waals surface area contributed by atoms with Crippen molar-refractivity contribution in [1.82, 2.24) is 9.47 Å². The summed E-state index contributed by atoms with van der Waals surface area (Å²) in [6.45, 7) is 6.74. The second kappa shape index (κ2) is 7.51. The topological polar surface area (TPSA) is 51.5 Å². The molecule has 0 aliphatic carbocycles. The second-order valence-electron chi connectivity index (χ2n) is 6.32. The molecule has 136 valence electrons. The number of carbonyl (C=O) groups is 2. The quantitative estimate of drug-likeness (QED) is 0.744. The van der Waals surface area contributed by atoms with Crippen LogP contribution in [0.1, 0.15) is 22.5 Å². The zero-order valence-corrected chi connectivity index (χ0v) is 16.2. The number of rotatable bonds is 5. The van der Waals surface area contributed by atoms with Gasteiger partial charge in [0.25, 0.3) is 11.1 Å². The molecule has 0 spiro atoms. The minimum atomic E-state index is -0.253. The number of benzene rings is 1. The van der Waals surface area contributed by atoms with Gasteiger partial charge in [0.15, 0.2) is 0 Å². The molecule has 0 radical (unpaired) electrons. The van der Waals surface area contributed by atoms with Gasteiger partial charge in [-0.2, -0.15) is 0 Å². The van der Waals surface area contributed by atoms with Gasteiger partial charge in [0.1, 0.15) is 0 Å². The average molecular weight is 370 g/mol. The molecule has 2 heterocycles. The van der Waals surface area contributed by atoms with E-state index in [1.165, 1.54) is 10.5 Å². The van der Waals surface area contributed by atoms with Crippen LogP contribution in [-0.4, -0.2) is 40.9 Å². The van der Waals surface area contributed by atoms with E-state index in [4.69, 9.17) is 4.74 Å². The minimum Gasteiger partial charge on any atom is -0.383 e. The zero-order valence-electron chi connectivity index (χ0n) is 15.4. The van der Waals surface area contributed by atoms with E-state index in [9.17, 15) is 9.59 Å². The predicted octanol–water partition coefficient (Wildman–Crippen LogP) is 4.09. The molecule has 1 aromatic heterocycles. The summed E-state index contributed by atoms with van der Waals surface area (Å²) in [6.07, 6.45) is 1.81. The Bertz CT molecular complexity index is 881. The van der Waals surface area contributed by atoms with Gasteiger partial charge < -0.3 is 9.30 Å². The van der Waals surface area contributed by atoms with Gasteiger partial charge in [0, 0.05) is 24.2 Å². The fourth-order valence-electron chi connectivity index (χ4n) is 3.04. The number of hydrogen-bond acceptors (Lipinski definition) is 4. The third-order valence-corrected chi connectivity index (χ3v) is 5.35. The van der Waals surface area contributed by atoms with E-state index in [1.54, 1.807) is 7.11 Å². The van der Waals surface area contributed by atoms with Gasteiger partial charge in [-0.3, -0.25) is 14.5 Å². The number of nitrogens with zero attached hydrogens (tertiary/aromatic N) is 2. The Morgan fingerprint density at radius 1 is 1.12 bits per heavy atom. The SMILES string of the molecule is COCCN1C(=O)S/C(=C\c2cc(C)n(-c3ccc(C)cc3)c2C)C1=O. The Labute approximate surface area is 157 Å². The molecule has 2 amide bonds. The van der Waals surface area contributed by atoms with Gasteiger partial charge in [-0.1, -0.05) is 17.7 Å². The number of hydrogen-bond donors (Lipinski definition) is 0. The van der Waals surface area contributed by atoms with E-state index in [2.05, 4.69) is 35.8 Å². The summed E-state index contributed by atoms with van der Waals surface area (Å²) in [5.74, 6) is -0.253. The first-order valence-corrected chi connectivity index (χ1v) is 9.24. The Morgan fingerprint density at radius 3 is 2.46 bits per heavy atom. The molecular weight excluding hydrogens is 348 g/mol. The number of imide groups is 1. The molecule has 1 aromatic carbocycles. The van der Waals surface area contributed by atoms with Crippen LogP contribution in [-0.2, 0) is 9.53 Å². The lowest BCUT2D eigenvalue weighted by atomic mass is 10.2. The molecule has 1 aliphatic heterocycles. The van der Waals surface area contributed by atoms with Crippen molar-refractivity contribution in [3.05, 3.63) is 57.8 Å². The van der Waals surface area contributed by atoms with Crippen molar-refractivity contribution < 1.29 is 14.3 Å². The fourth-order valence-corrected chi connectivity index (χ4v) is 3.90. The van der Waals surface area contributed by atoms with Gasteiger partial charge in [0.2, 0.25) is 0 Å². The van der Waals surface area contributed by atoms with E-state index in [1.807, 2.05) is 26.0 Å².